The van der Waals surface area contributed by atoms with Crippen LogP contribution in [0.1, 0.15) is 35.2 Å². The Bertz CT molecular complexity index is 969. The van der Waals surface area contributed by atoms with Gasteiger partial charge in [0.15, 0.2) is 0 Å². The van der Waals surface area contributed by atoms with Gasteiger partial charge in [-0.1, -0.05) is 79.7 Å². The quantitative estimate of drug-likeness (QED) is 0.684. The molecule has 0 aromatic heterocycles. The zero-order chi connectivity index (χ0) is 19.6. The molecule has 1 saturated heterocycles. The highest BCUT2D eigenvalue weighted by atomic mass is 15.5. The smallest absolute Gasteiger partial charge is 0.140 e. The Morgan fingerprint density at radius 3 is 2.03 bits per heavy atom. The zero-order valence-corrected chi connectivity index (χ0v) is 17.0. The molecule has 1 fully saturated rings. The highest BCUT2D eigenvalue weighted by Gasteiger charge is 2.37. The van der Waals surface area contributed by atoms with Crippen LogP contribution < -0.4 is 4.90 Å². The van der Waals surface area contributed by atoms with E-state index in [1.165, 1.54) is 33.4 Å². The summed E-state index contributed by atoms with van der Waals surface area (Å²) in [4.78, 5) is 1.65. The van der Waals surface area contributed by atoms with Gasteiger partial charge < -0.3 is 4.90 Å². The summed E-state index contributed by atoms with van der Waals surface area (Å²) in [5.41, 5.74) is 8.34. The molecule has 1 aliphatic heterocycles. The summed E-state index contributed by atoms with van der Waals surface area (Å²) in [5.74, 6) is 0. The van der Waals surface area contributed by atoms with Crippen LogP contribution in [0.3, 0.4) is 0 Å². The van der Waals surface area contributed by atoms with Gasteiger partial charge >= 0.3 is 0 Å². The number of nitrogens with zero attached hydrogens (tertiary/aromatic N) is 2. The van der Waals surface area contributed by atoms with Gasteiger partial charge in [-0.05, 0) is 28.7 Å². The Kier molecular flexibility index (Phi) is 4.91. The lowest BCUT2D eigenvalue weighted by molar-refractivity contribution is -0.929. The maximum Gasteiger partial charge on any atom is 0.140 e. The van der Waals surface area contributed by atoms with Crippen LogP contribution in [0, 0.1) is 0 Å². The van der Waals surface area contributed by atoms with Crippen LogP contribution in [0.5, 0.6) is 0 Å². The molecule has 0 radical (unpaired) electrons. The van der Waals surface area contributed by atoms with Gasteiger partial charge in [-0.2, -0.15) is 5.10 Å². The van der Waals surface area contributed by atoms with Gasteiger partial charge in [-0.3, -0.25) is 5.01 Å². The second-order valence-corrected chi connectivity index (χ2v) is 8.06. The van der Waals surface area contributed by atoms with Gasteiger partial charge in [0, 0.05) is 11.1 Å². The van der Waals surface area contributed by atoms with Crippen molar-refractivity contribution in [2.24, 2.45) is 5.10 Å². The van der Waals surface area contributed by atoms with Gasteiger partial charge in [0.1, 0.15) is 6.04 Å². The molecule has 1 heterocycles. The monoisotopic (exact) mass is 382 g/mol. The lowest BCUT2D eigenvalue weighted by Gasteiger charge is -2.34. The van der Waals surface area contributed by atoms with Crippen molar-refractivity contribution in [1.82, 2.24) is 5.01 Å². The molecule has 0 atom stereocenters. The molecule has 3 aromatic rings. The molecule has 0 amide bonds. The van der Waals surface area contributed by atoms with E-state index in [1.54, 1.807) is 4.90 Å². The largest absolute Gasteiger partial charge is 0.322 e. The van der Waals surface area contributed by atoms with E-state index < -0.39 is 0 Å². The molecule has 0 unspecified atom stereocenters. The lowest BCUT2D eigenvalue weighted by atomic mass is 10.0. The normalized spacial score (nSPS) is 16.9. The maximum absolute atomic E-state index is 4.75. The van der Waals surface area contributed by atoms with E-state index in [1.807, 2.05) is 6.21 Å². The third kappa shape index (κ3) is 3.47. The van der Waals surface area contributed by atoms with E-state index in [0.717, 1.165) is 32.6 Å². The predicted molar refractivity (Wildman–Crippen MR) is 119 cm³/mol. The van der Waals surface area contributed by atoms with E-state index in [4.69, 9.17) is 5.10 Å². The Morgan fingerprint density at radius 1 is 0.862 bits per heavy atom. The summed E-state index contributed by atoms with van der Waals surface area (Å²) in [6.45, 7) is 6.41. The van der Waals surface area contributed by atoms with Crippen molar-refractivity contribution < 1.29 is 4.90 Å². The standard InChI is InChI=1S/C26H27N3/c1-2-20-11-13-21(14-12-20)19-27-29-17-15-28(16-18-29)26-24-9-5-3-7-22(24)23-8-4-6-10-25(23)26/h3-14,19,26H,2,15-18H2,1H3/p+1/b27-19+. The summed E-state index contributed by atoms with van der Waals surface area (Å²) in [7, 11) is 0. The third-order valence-electron chi connectivity index (χ3n) is 6.38. The molecule has 1 aliphatic carbocycles. The third-order valence-corrected chi connectivity index (χ3v) is 6.38. The van der Waals surface area contributed by atoms with Crippen molar-refractivity contribution in [3.05, 3.63) is 95.1 Å². The highest BCUT2D eigenvalue weighted by Crippen LogP contribution is 2.41. The van der Waals surface area contributed by atoms with Crippen LogP contribution in [0.2, 0.25) is 0 Å². The number of aryl methyl sites for hydroxylation is 1. The predicted octanol–water partition coefficient (Wildman–Crippen LogP) is 3.55. The fraction of sp³-hybridized carbons (Fsp3) is 0.269. The summed E-state index contributed by atoms with van der Waals surface area (Å²) >= 11 is 0. The maximum atomic E-state index is 4.75. The Morgan fingerprint density at radius 2 is 1.45 bits per heavy atom. The number of fused-ring (bicyclic) bond motifs is 3. The van der Waals surface area contributed by atoms with Crippen LogP contribution in [-0.2, 0) is 6.42 Å². The van der Waals surface area contributed by atoms with Gasteiger partial charge in [0.05, 0.1) is 32.4 Å². The summed E-state index contributed by atoms with van der Waals surface area (Å²) < 4.78 is 0. The molecule has 0 saturated carbocycles. The van der Waals surface area contributed by atoms with E-state index in [9.17, 15) is 0 Å². The van der Waals surface area contributed by atoms with Crippen LogP contribution in [0.15, 0.2) is 77.9 Å². The summed E-state index contributed by atoms with van der Waals surface area (Å²) in [6.07, 6.45) is 3.08. The molecule has 3 aromatic carbocycles. The van der Waals surface area contributed by atoms with Crippen LogP contribution in [-0.4, -0.2) is 37.4 Å². The van der Waals surface area contributed by atoms with Crippen molar-refractivity contribution in [3.8, 4) is 11.1 Å². The first-order valence-corrected chi connectivity index (χ1v) is 10.7. The minimum atomic E-state index is 0.454. The van der Waals surface area contributed by atoms with E-state index in [2.05, 4.69) is 84.7 Å². The minimum Gasteiger partial charge on any atom is -0.322 e. The number of quaternary nitrogens is 1. The van der Waals surface area contributed by atoms with Gasteiger partial charge in [-0.25, -0.2) is 0 Å². The second kappa shape index (κ2) is 7.84. The number of hydrogen-bond acceptors (Lipinski definition) is 2. The van der Waals surface area contributed by atoms with Crippen molar-refractivity contribution in [2.75, 3.05) is 26.2 Å². The number of benzene rings is 3. The van der Waals surface area contributed by atoms with Crippen LogP contribution >= 0.6 is 0 Å². The van der Waals surface area contributed by atoms with Crippen LogP contribution in [0.4, 0.5) is 0 Å². The first-order valence-electron chi connectivity index (χ1n) is 10.7. The fourth-order valence-electron chi connectivity index (χ4n) is 4.77. The van der Waals surface area contributed by atoms with Crippen LogP contribution in [0.25, 0.3) is 11.1 Å². The fourth-order valence-corrected chi connectivity index (χ4v) is 4.77. The highest BCUT2D eigenvalue weighted by molar-refractivity contribution is 5.79. The molecule has 5 rings (SSSR count). The number of rotatable bonds is 4. The number of hydrogen-bond donors (Lipinski definition) is 1. The molecule has 3 nitrogen and oxygen atoms in total. The molecule has 2 aliphatic rings. The average molecular weight is 383 g/mol. The second-order valence-electron chi connectivity index (χ2n) is 8.06. The van der Waals surface area contributed by atoms with Gasteiger partial charge in [0.25, 0.3) is 0 Å². The van der Waals surface area contributed by atoms with Gasteiger partial charge in [-0.15, -0.1) is 0 Å². The topological polar surface area (TPSA) is 20.0 Å². The van der Waals surface area contributed by atoms with E-state index >= 15 is 0 Å². The molecule has 29 heavy (non-hydrogen) atoms. The molecule has 146 valence electrons. The van der Waals surface area contributed by atoms with Crippen molar-refractivity contribution in [2.45, 2.75) is 19.4 Å². The SMILES string of the molecule is CCc1ccc(/C=N/N2CC[NH+](C3c4ccccc4-c4ccccc43)CC2)cc1. The Balaban J connectivity index is 1.29. The van der Waals surface area contributed by atoms with E-state index in [-0.39, 0.29) is 0 Å². The zero-order valence-electron chi connectivity index (χ0n) is 17.0. The summed E-state index contributed by atoms with van der Waals surface area (Å²) in [5, 5.41) is 6.98. The Hall–Kier alpha value is -2.91. The molecule has 1 N–H and O–H groups in total. The summed E-state index contributed by atoms with van der Waals surface area (Å²) in [6, 6.07) is 27.0. The number of hydrazone groups is 1. The van der Waals surface area contributed by atoms with Crippen molar-refractivity contribution >= 4 is 6.21 Å². The molecule has 0 bridgehead atoms. The van der Waals surface area contributed by atoms with Gasteiger partial charge in [0.2, 0.25) is 0 Å². The number of piperazine rings is 1. The molecular formula is C26H28N3+. The Labute approximate surface area is 173 Å². The molecule has 3 heteroatoms. The van der Waals surface area contributed by atoms with Crippen molar-refractivity contribution in [3.63, 3.8) is 0 Å². The first-order chi connectivity index (χ1) is 14.3. The first kappa shape index (κ1) is 18.1. The lowest BCUT2D eigenvalue weighted by Crippen LogP contribution is -3.14. The average Bonchev–Trinajstić information content (AvgIpc) is 3.13. The minimum absolute atomic E-state index is 0.454. The van der Waals surface area contributed by atoms with Crippen molar-refractivity contribution in [1.29, 1.82) is 0 Å². The number of nitrogens with one attached hydrogen (secondary N) is 1. The molecule has 0 spiro atoms. The van der Waals surface area contributed by atoms with E-state index in [0.29, 0.717) is 6.04 Å². The molecular weight excluding hydrogens is 354 g/mol.